The van der Waals surface area contributed by atoms with Gasteiger partial charge in [-0.15, -0.1) is 10.2 Å². The van der Waals surface area contributed by atoms with Crippen molar-refractivity contribution in [3.8, 4) is 16.3 Å². The predicted octanol–water partition coefficient (Wildman–Crippen LogP) is 2.37. The van der Waals surface area contributed by atoms with Crippen LogP contribution in [0, 0.1) is 6.92 Å². The standard InChI is InChI=1S/C13H17N3OS/c1-3-14-7-6-12-15-16-13(18-12)10-5-4-9(2)11(17)8-10/h4-5,8,14,17H,3,6-7H2,1-2H3. The third-order valence-electron chi connectivity index (χ3n) is 2.69. The summed E-state index contributed by atoms with van der Waals surface area (Å²) in [5, 5.41) is 23.2. The number of rotatable bonds is 5. The van der Waals surface area contributed by atoms with Gasteiger partial charge < -0.3 is 10.4 Å². The zero-order chi connectivity index (χ0) is 13.0. The van der Waals surface area contributed by atoms with Crippen LogP contribution in [0.25, 0.3) is 10.6 Å². The molecule has 0 saturated carbocycles. The SMILES string of the molecule is CCNCCc1nnc(-c2ccc(C)c(O)c2)s1. The van der Waals surface area contributed by atoms with E-state index in [0.29, 0.717) is 5.75 Å². The molecule has 0 fully saturated rings. The molecule has 0 radical (unpaired) electrons. The van der Waals surface area contributed by atoms with E-state index in [1.807, 2.05) is 19.1 Å². The summed E-state index contributed by atoms with van der Waals surface area (Å²) in [6, 6.07) is 5.60. The van der Waals surface area contributed by atoms with Crippen LogP contribution in [-0.4, -0.2) is 28.4 Å². The first-order valence-electron chi connectivity index (χ1n) is 6.03. The fraction of sp³-hybridized carbons (Fsp3) is 0.385. The second kappa shape index (κ2) is 5.93. The minimum absolute atomic E-state index is 0.303. The van der Waals surface area contributed by atoms with Crippen molar-refractivity contribution in [2.75, 3.05) is 13.1 Å². The Labute approximate surface area is 111 Å². The minimum Gasteiger partial charge on any atom is -0.508 e. The third kappa shape index (κ3) is 3.05. The topological polar surface area (TPSA) is 58.0 Å². The van der Waals surface area contributed by atoms with Crippen molar-refractivity contribution < 1.29 is 5.11 Å². The van der Waals surface area contributed by atoms with E-state index in [9.17, 15) is 5.11 Å². The highest BCUT2D eigenvalue weighted by molar-refractivity contribution is 7.14. The molecule has 0 saturated heterocycles. The zero-order valence-corrected chi connectivity index (χ0v) is 11.4. The van der Waals surface area contributed by atoms with Gasteiger partial charge in [-0.3, -0.25) is 0 Å². The van der Waals surface area contributed by atoms with Crippen LogP contribution < -0.4 is 5.32 Å². The lowest BCUT2D eigenvalue weighted by molar-refractivity contribution is 0.471. The lowest BCUT2D eigenvalue weighted by Crippen LogP contribution is -2.15. The van der Waals surface area contributed by atoms with Crippen molar-refractivity contribution in [3.63, 3.8) is 0 Å². The van der Waals surface area contributed by atoms with Gasteiger partial charge in [-0.2, -0.15) is 0 Å². The molecule has 2 N–H and O–H groups in total. The molecule has 1 aromatic heterocycles. The largest absolute Gasteiger partial charge is 0.508 e. The van der Waals surface area contributed by atoms with Crippen LogP contribution in [0.2, 0.25) is 0 Å². The Hall–Kier alpha value is -1.46. The van der Waals surface area contributed by atoms with Crippen LogP contribution in [0.3, 0.4) is 0 Å². The quantitative estimate of drug-likeness (QED) is 0.813. The molecule has 0 unspecified atom stereocenters. The molecule has 96 valence electrons. The number of aromatic hydroxyl groups is 1. The fourth-order valence-corrected chi connectivity index (χ4v) is 2.42. The number of aromatic nitrogens is 2. The molecule has 1 heterocycles. The molecule has 0 amide bonds. The molecule has 0 atom stereocenters. The number of nitrogens with zero attached hydrogens (tertiary/aromatic N) is 2. The number of aryl methyl sites for hydroxylation is 1. The summed E-state index contributed by atoms with van der Waals surface area (Å²) in [5.41, 5.74) is 1.79. The summed E-state index contributed by atoms with van der Waals surface area (Å²) in [4.78, 5) is 0. The second-order valence-corrected chi connectivity index (χ2v) is 5.17. The van der Waals surface area contributed by atoms with Crippen LogP contribution in [0.4, 0.5) is 0 Å². The van der Waals surface area contributed by atoms with Gasteiger partial charge in [0.15, 0.2) is 0 Å². The predicted molar refractivity (Wildman–Crippen MR) is 74.0 cm³/mol. The maximum absolute atomic E-state index is 9.69. The molecule has 0 aliphatic rings. The normalized spacial score (nSPS) is 10.8. The van der Waals surface area contributed by atoms with Crippen LogP contribution in [0.15, 0.2) is 18.2 Å². The molecule has 18 heavy (non-hydrogen) atoms. The van der Waals surface area contributed by atoms with E-state index in [-0.39, 0.29) is 0 Å². The van der Waals surface area contributed by atoms with Crippen molar-refractivity contribution in [1.29, 1.82) is 0 Å². The summed E-state index contributed by atoms with van der Waals surface area (Å²) in [5.74, 6) is 0.303. The molecule has 0 spiro atoms. The number of hydrogen-bond donors (Lipinski definition) is 2. The zero-order valence-electron chi connectivity index (χ0n) is 10.6. The van der Waals surface area contributed by atoms with Gasteiger partial charge in [0.25, 0.3) is 0 Å². The summed E-state index contributed by atoms with van der Waals surface area (Å²) < 4.78 is 0. The van der Waals surface area contributed by atoms with Gasteiger partial charge in [0.05, 0.1) is 0 Å². The molecular weight excluding hydrogens is 246 g/mol. The van der Waals surface area contributed by atoms with E-state index in [1.165, 1.54) is 0 Å². The van der Waals surface area contributed by atoms with Crippen molar-refractivity contribution in [2.45, 2.75) is 20.3 Å². The molecule has 0 aliphatic heterocycles. The number of benzene rings is 1. The Kier molecular flexibility index (Phi) is 4.28. The Morgan fingerprint density at radius 2 is 2.17 bits per heavy atom. The molecule has 4 nitrogen and oxygen atoms in total. The van der Waals surface area contributed by atoms with Crippen molar-refractivity contribution >= 4 is 11.3 Å². The van der Waals surface area contributed by atoms with E-state index in [1.54, 1.807) is 17.4 Å². The average molecular weight is 263 g/mol. The van der Waals surface area contributed by atoms with E-state index < -0.39 is 0 Å². The maximum Gasteiger partial charge on any atom is 0.147 e. The van der Waals surface area contributed by atoms with Gasteiger partial charge >= 0.3 is 0 Å². The minimum atomic E-state index is 0.303. The number of nitrogens with one attached hydrogen (secondary N) is 1. The van der Waals surface area contributed by atoms with Gasteiger partial charge in [0.2, 0.25) is 0 Å². The first-order chi connectivity index (χ1) is 8.70. The van der Waals surface area contributed by atoms with Crippen molar-refractivity contribution in [3.05, 3.63) is 28.8 Å². The highest BCUT2D eigenvalue weighted by Gasteiger charge is 2.08. The van der Waals surface area contributed by atoms with E-state index in [2.05, 4.69) is 22.4 Å². The Morgan fingerprint density at radius 1 is 1.33 bits per heavy atom. The second-order valence-electron chi connectivity index (χ2n) is 4.11. The summed E-state index contributed by atoms with van der Waals surface area (Å²) in [7, 11) is 0. The average Bonchev–Trinajstić information content (AvgIpc) is 2.82. The molecule has 0 aliphatic carbocycles. The van der Waals surface area contributed by atoms with Crippen molar-refractivity contribution in [1.82, 2.24) is 15.5 Å². The highest BCUT2D eigenvalue weighted by atomic mass is 32.1. The van der Waals surface area contributed by atoms with Gasteiger partial charge in [-0.1, -0.05) is 30.4 Å². The monoisotopic (exact) mass is 263 g/mol. The van der Waals surface area contributed by atoms with E-state index in [0.717, 1.165) is 40.7 Å². The maximum atomic E-state index is 9.69. The Morgan fingerprint density at radius 3 is 2.89 bits per heavy atom. The highest BCUT2D eigenvalue weighted by Crippen LogP contribution is 2.28. The number of phenols is 1. The van der Waals surface area contributed by atoms with Crippen LogP contribution in [0.5, 0.6) is 5.75 Å². The molecular formula is C13H17N3OS. The summed E-state index contributed by atoms with van der Waals surface area (Å²) in [6.45, 7) is 5.85. The van der Waals surface area contributed by atoms with Crippen molar-refractivity contribution in [2.24, 2.45) is 0 Å². The first-order valence-corrected chi connectivity index (χ1v) is 6.85. The van der Waals surface area contributed by atoms with E-state index >= 15 is 0 Å². The van der Waals surface area contributed by atoms with E-state index in [4.69, 9.17) is 0 Å². The van der Waals surface area contributed by atoms with Crippen LogP contribution in [0.1, 0.15) is 17.5 Å². The molecule has 1 aromatic carbocycles. The van der Waals surface area contributed by atoms with Gasteiger partial charge in [-0.05, 0) is 25.1 Å². The lowest BCUT2D eigenvalue weighted by Gasteiger charge is -2.00. The lowest BCUT2D eigenvalue weighted by atomic mass is 10.1. The first kappa shape index (κ1) is 13.0. The number of likely N-dealkylation sites (N-methyl/N-ethyl adjacent to an activating group) is 1. The summed E-state index contributed by atoms with van der Waals surface area (Å²) in [6.07, 6.45) is 0.892. The summed E-state index contributed by atoms with van der Waals surface area (Å²) >= 11 is 1.58. The van der Waals surface area contributed by atoms with Crippen LogP contribution >= 0.6 is 11.3 Å². The molecule has 0 bridgehead atoms. The van der Waals surface area contributed by atoms with Gasteiger partial charge in [0.1, 0.15) is 15.8 Å². The smallest absolute Gasteiger partial charge is 0.147 e. The Balaban J connectivity index is 2.11. The van der Waals surface area contributed by atoms with Crippen LogP contribution in [-0.2, 0) is 6.42 Å². The molecule has 2 rings (SSSR count). The third-order valence-corrected chi connectivity index (χ3v) is 3.72. The number of hydrogen-bond acceptors (Lipinski definition) is 5. The molecule has 2 aromatic rings. The van der Waals surface area contributed by atoms with Gasteiger partial charge in [0, 0.05) is 18.5 Å². The number of phenolic OH excluding ortho intramolecular Hbond substituents is 1. The Bertz CT molecular complexity index is 525. The molecule has 5 heteroatoms. The van der Waals surface area contributed by atoms with Gasteiger partial charge in [-0.25, -0.2) is 0 Å². The fourth-order valence-electron chi connectivity index (χ4n) is 1.59.